The first-order chi connectivity index (χ1) is 10.0. The monoisotopic (exact) mass is 329 g/mol. The second-order valence-corrected chi connectivity index (χ2v) is 7.45. The predicted molar refractivity (Wildman–Crippen MR) is 84.7 cm³/mol. The van der Waals surface area contributed by atoms with Crippen LogP contribution < -0.4 is 5.32 Å². The molecule has 0 saturated heterocycles. The van der Waals surface area contributed by atoms with Crippen LogP contribution in [0.2, 0.25) is 0 Å². The molecule has 0 heterocycles. The van der Waals surface area contributed by atoms with Gasteiger partial charge in [-0.3, -0.25) is 9.87 Å². The number of amides is 1. The summed E-state index contributed by atoms with van der Waals surface area (Å²) >= 11 is 0. The molecule has 1 aromatic rings. The van der Waals surface area contributed by atoms with Crippen LogP contribution in [-0.4, -0.2) is 24.7 Å². The Balaban J connectivity index is 3.08. The number of nitrogens with one attached hydrogen (secondary N) is 1. The van der Waals surface area contributed by atoms with E-state index in [2.05, 4.69) is 5.32 Å². The highest BCUT2D eigenvalue weighted by Gasteiger charge is 2.19. The van der Waals surface area contributed by atoms with Crippen LogP contribution in [0.4, 0.5) is 10.5 Å². The number of hydrogen-bond acceptors (Lipinski definition) is 4. The maximum Gasteiger partial charge on any atom is 0.412 e. The van der Waals surface area contributed by atoms with Crippen molar-refractivity contribution >= 4 is 21.9 Å². The lowest BCUT2D eigenvalue weighted by Gasteiger charge is -2.20. The molecule has 0 radical (unpaired) electrons. The van der Waals surface area contributed by atoms with E-state index in [4.69, 9.17) is 9.29 Å². The van der Waals surface area contributed by atoms with Gasteiger partial charge in [0.1, 0.15) is 5.60 Å². The van der Waals surface area contributed by atoms with Gasteiger partial charge >= 0.3 is 6.09 Å². The Morgan fingerprint density at radius 3 is 2.45 bits per heavy atom. The minimum atomic E-state index is -4.33. The number of benzene rings is 1. The summed E-state index contributed by atoms with van der Waals surface area (Å²) in [5.74, 6) is 0. The second kappa shape index (κ2) is 7.11. The second-order valence-electron chi connectivity index (χ2n) is 6.02. The molecule has 0 aromatic heterocycles. The molecular formula is C15H23NO5S. The van der Waals surface area contributed by atoms with E-state index in [-0.39, 0.29) is 4.90 Å². The van der Waals surface area contributed by atoms with E-state index in [9.17, 15) is 13.2 Å². The number of hydrogen-bond donors (Lipinski definition) is 2. The van der Waals surface area contributed by atoms with Crippen LogP contribution in [0, 0.1) is 0 Å². The van der Waals surface area contributed by atoms with Gasteiger partial charge in [0.2, 0.25) is 0 Å². The van der Waals surface area contributed by atoms with Gasteiger partial charge in [0.15, 0.2) is 0 Å². The summed E-state index contributed by atoms with van der Waals surface area (Å²) in [6.07, 6.45) is 1.88. The first kappa shape index (κ1) is 18.4. The number of ether oxygens (including phenoxy) is 1. The summed E-state index contributed by atoms with van der Waals surface area (Å²) in [5, 5.41) is 2.55. The van der Waals surface area contributed by atoms with E-state index >= 15 is 0 Å². The third kappa shape index (κ3) is 6.03. The highest BCUT2D eigenvalue weighted by Crippen LogP contribution is 2.23. The first-order valence-corrected chi connectivity index (χ1v) is 8.57. The quantitative estimate of drug-likeness (QED) is 0.805. The molecule has 0 aliphatic heterocycles. The highest BCUT2D eigenvalue weighted by atomic mass is 32.2. The highest BCUT2D eigenvalue weighted by molar-refractivity contribution is 7.85. The molecule has 0 spiro atoms. The van der Waals surface area contributed by atoms with Gasteiger partial charge in [-0.25, -0.2) is 4.79 Å². The van der Waals surface area contributed by atoms with Crippen LogP contribution in [0.15, 0.2) is 23.1 Å². The number of rotatable bonds is 5. The van der Waals surface area contributed by atoms with Gasteiger partial charge in [-0.05, 0) is 51.3 Å². The van der Waals surface area contributed by atoms with Crippen molar-refractivity contribution < 1.29 is 22.5 Å². The molecule has 7 heteroatoms. The summed E-state index contributed by atoms with van der Waals surface area (Å²) < 4.78 is 36.8. The van der Waals surface area contributed by atoms with Crippen molar-refractivity contribution in [2.24, 2.45) is 0 Å². The largest absolute Gasteiger partial charge is 0.444 e. The lowest BCUT2D eigenvalue weighted by atomic mass is 10.1. The molecule has 0 aliphatic carbocycles. The Hall–Kier alpha value is -1.60. The molecular weight excluding hydrogens is 306 g/mol. The van der Waals surface area contributed by atoms with E-state index in [0.717, 1.165) is 18.4 Å². The Morgan fingerprint density at radius 2 is 1.95 bits per heavy atom. The van der Waals surface area contributed by atoms with Crippen molar-refractivity contribution in [2.75, 3.05) is 5.32 Å². The van der Waals surface area contributed by atoms with E-state index < -0.39 is 21.8 Å². The van der Waals surface area contributed by atoms with Gasteiger partial charge in [0.05, 0.1) is 4.90 Å². The van der Waals surface area contributed by atoms with Crippen molar-refractivity contribution in [1.82, 2.24) is 0 Å². The fourth-order valence-corrected chi connectivity index (χ4v) is 2.34. The minimum absolute atomic E-state index is 0.265. The average molecular weight is 329 g/mol. The Kier molecular flexibility index (Phi) is 5.96. The van der Waals surface area contributed by atoms with Crippen LogP contribution >= 0.6 is 0 Å². The zero-order valence-corrected chi connectivity index (χ0v) is 14.2. The lowest BCUT2D eigenvalue weighted by molar-refractivity contribution is 0.0635. The Bertz CT molecular complexity index is 632. The van der Waals surface area contributed by atoms with Crippen molar-refractivity contribution in [1.29, 1.82) is 0 Å². The van der Waals surface area contributed by atoms with Crippen LogP contribution in [0.3, 0.4) is 0 Å². The molecule has 0 aliphatic rings. The fraction of sp³-hybridized carbons (Fsp3) is 0.533. The first-order valence-electron chi connectivity index (χ1n) is 7.13. The van der Waals surface area contributed by atoms with E-state index in [0.29, 0.717) is 12.1 Å². The molecule has 2 N–H and O–H groups in total. The summed E-state index contributed by atoms with van der Waals surface area (Å²) in [4.78, 5) is 11.6. The van der Waals surface area contributed by atoms with Gasteiger partial charge in [0, 0.05) is 5.69 Å². The van der Waals surface area contributed by atoms with Crippen molar-refractivity contribution in [3.05, 3.63) is 23.8 Å². The van der Waals surface area contributed by atoms with Crippen molar-refractivity contribution in [3.63, 3.8) is 0 Å². The summed E-state index contributed by atoms with van der Waals surface area (Å²) in [5.41, 5.74) is 0.465. The van der Waals surface area contributed by atoms with Gasteiger partial charge in [-0.2, -0.15) is 8.42 Å². The van der Waals surface area contributed by atoms with Crippen LogP contribution in [0.5, 0.6) is 0 Å². The van der Waals surface area contributed by atoms with Gasteiger partial charge in [0.25, 0.3) is 10.1 Å². The van der Waals surface area contributed by atoms with E-state index in [1.807, 2.05) is 6.92 Å². The third-order valence-electron chi connectivity index (χ3n) is 2.81. The van der Waals surface area contributed by atoms with Crippen LogP contribution in [0.1, 0.15) is 46.1 Å². The Labute approximate surface area is 131 Å². The van der Waals surface area contributed by atoms with Crippen molar-refractivity contribution in [2.45, 2.75) is 57.5 Å². The average Bonchev–Trinajstić information content (AvgIpc) is 2.33. The smallest absolute Gasteiger partial charge is 0.412 e. The summed E-state index contributed by atoms with van der Waals surface area (Å²) in [7, 11) is -4.33. The normalized spacial score (nSPS) is 12.0. The summed E-state index contributed by atoms with van der Waals surface area (Å²) in [6, 6.07) is 4.15. The topological polar surface area (TPSA) is 92.7 Å². The molecule has 0 bridgehead atoms. The van der Waals surface area contributed by atoms with Crippen LogP contribution in [0.25, 0.3) is 0 Å². The molecule has 0 unspecified atom stereocenters. The molecule has 6 nitrogen and oxygen atoms in total. The SMILES string of the molecule is CCCCc1ccc(S(=O)(=O)O)cc1NC(=O)OC(C)(C)C. The Morgan fingerprint density at radius 1 is 1.32 bits per heavy atom. The van der Waals surface area contributed by atoms with E-state index in [1.165, 1.54) is 12.1 Å². The van der Waals surface area contributed by atoms with Gasteiger partial charge < -0.3 is 4.74 Å². The molecule has 124 valence electrons. The molecule has 0 atom stereocenters. The number of anilines is 1. The van der Waals surface area contributed by atoms with E-state index in [1.54, 1.807) is 26.8 Å². The standard InChI is InChI=1S/C15H23NO5S/c1-5-6-7-11-8-9-12(22(18,19)20)10-13(11)16-14(17)21-15(2,3)4/h8-10H,5-7H2,1-4H3,(H,16,17)(H,18,19,20). The number of unbranched alkanes of at least 4 members (excludes halogenated alkanes) is 1. The maximum absolute atomic E-state index is 11.9. The zero-order chi connectivity index (χ0) is 17.0. The summed E-state index contributed by atoms with van der Waals surface area (Å²) in [6.45, 7) is 7.24. The lowest BCUT2D eigenvalue weighted by Crippen LogP contribution is -2.27. The van der Waals surface area contributed by atoms with Crippen molar-refractivity contribution in [3.8, 4) is 0 Å². The molecule has 0 fully saturated rings. The molecule has 1 aromatic carbocycles. The van der Waals surface area contributed by atoms with Gasteiger partial charge in [-0.1, -0.05) is 19.4 Å². The van der Waals surface area contributed by atoms with Crippen LogP contribution in [-0.2, 0) is 21.3 Å². The van der Waals surface area contributed by atoms with Gasteiger partial charge in [-0.15, -0.1) is 0 Å². The molecule has 1 rings (SSSR count). The maximum atomic E-state index is 11.9. The zero-order valence-electron chi connectivity index (χ0n) is 13.3. The number of aryl methyl sites for hydroxylation is 1. The third-order valence-corrected chi connectivity index (χ3v) is 3.66. The molecule has 1 amide bonds. The molecule has 0 saturated carbocycles. The minimum Gasteiger partial charge on any atom is -0.444 e. The predicted octanol–water partition coefficient (Wildman–Crippen LogP) is 3.62. The fourth-order valence-electron chi connectivity index (χ4n) is 1.83. The number of carbonyl (C=O) groups is 1. The molecule has 22 heavy (non-hydrogen) atoms. The number of carbonyl (C=O) groups excluding carboxylic acids is 1.